The fraction of sp³-hybridized carbons (Fsp3) is 0.400. The molecular weight excluding hydrogens is 418 g/mol. The molecule has 2 atom stereocenters. The number of imidazole rings is 1. The van der Waals surface area contributed by atoms with Crippen LogP contribution in [-0.2, 0) is 0 Å². The SMILES string of the molecule is CC1(O)CC(c2nc(-c3ccc4ccn([C@H]5CCC[C@@H]5O)c(=O)c4c3)c3c(N)nccn23)C1. The zero-order valence-corrected chi connectivity index (χ0v) is 18.5. The number of nitrogens with two attached hydrogens (primary N) is 1. The first-order valence-corrected chi connectivity index (χ1v) is 11.5. The third kappa shape index (κ3) is 3.16. The van der Waals surface area contributed by atoms with Gasteiger partial charge in [-0.05, 0) is 56.5 Å². The first kappa shape index (κ1) is 20.4. The number of aliphatic hydroxyl groups excluding tert-OH is 1. The Kier molecular flexibility index (Phi) is 4.41. The average molecular weight is 446 g/mol. The van der Waals surface area contributed by atoms with E-state index >= 15 is 0 Å². The van der Waals surface area contributed by atoms with Crippen LogP contribution in [-0.4, -0.2) is 40.9 Å². The Balaban J connectivity index is 1.51. The Labute approximate surface area is 190 Å². The molecule has 3 heterocycles. The Morgan fingerprint density at radius 2 is 2.00 bits per heavy atom. The van der Waals surface area contributed by atoms with Crippen LogP contribution in [0, 0.1) is 0 Å². The molecule has 0 unspecified atom stereocenters. The third-order valence-corrected chi connectivity index (χ3v) is 7.36. The van der Waals surface area contributed by atoms with Gasteiger partial charge in [-0.1, -0.05) is 12.1 Å². The summed E-state index contributed by atoms with van der Waals surface area (Å²) in [5.74, 6) is 1.35. The molecule has 0 aliphatic heterocycles. The molecule has 2 saturated carbocycles. The van der Waals surface area contributed by atoms with Crippen LogP contribution in [0.4, 0.5) is 5.82 Å². The fourth-order valence-corrected chi connectivity index (χ4v) is 5.67. The molecule has 4 N–H and O–H groups in total. The highest BCUT2D eigenvalue weighted by molar-refractivity contribution is 5.91. The van der Waals surface area contributed by atoms with Crippen LogP contribution in [0.1, 0.15) is 56.8 Å². The van der Waals surface area contributed by atoms with Crippen molar-refractivity contribution in [3.63, 3.8) is 0 Å². The van der Waals surface area contributed by atoms with Gasteiger partial charge in [-0.15, -0.1) is 0 Å². The molecule has 1 aromatic carbocycles. The molecule has 170 valence electrons. The number of nitrogen functional groups attached to an aromatic ring is 1. The van der Waals surface area contributed by atoms with Gasteiger partial charge in [0, 0.05) is 35.5 Å². The maximum Gasteiger partial charge on any atom is 0.258 e. The van der Waals surface area contributed by atoms with E-state index in [0.717, 1.165) is 36.0 Å². The van der Waals surface area contributed by atoms with E-state index in [9.17, 15) is 15.0 Å². The molecule has 2 aliphatic rings. The normalized spacial score (nSPS) is 27.3. The smallest absolute Gasteiger partial charge is 0.258 e. The number of anilines is 1. The van der Waals surface area contributed by atoms with E-state index in [-0.39, 0.29) is 17.5 Å². The van der Waals surface area contributed by atoms with Crippen LogP contribution >= 0.6 is 0 Å². The average Bonchev–Trinajstić information content (AvgIpc) is 3.37. The summed E-state index contributed by atoms with van der Waals surface area (Å²) in [6.45, 7) is 1.84. The highest BCUT2D eigenvalue weighted by Gasteiger charge is 2.41. The minimum absolute atomic E-state index is 0.106. The summed E-state index contributed by atoms with van der Waals surface area (Å²) >= 11 is 0. The van der Waals surface area contributed by atoms with Gasteiger partial charge in [0.25, 0.3) is 5.56 Å². The molecular formula is C25H27N5O3. The van der Waals surface area contributed by atoms with Gasteiger partial charge in [-0.2, -0.15) is 0 Å². The fourth-order valence-electron chi connectivity index (χ4n) is 5.67. The maximum atomic E-state index is 13.4. The minimum Gasteiger partial charge on any atom is -0.391 e. The van der Waals surface area contributed by atoms with Gasteiger partial charge < -0.3 is 20.5 Å². The van der Waals surface area contributed by atoms with Crippen molar-refractivity contribution in [3.8, 4) is 11.3 Å². The number of aliphatic hydroxyl groups is 2. The lowest BCUT2D eigenvalue weighted by molar-refractivity contribution is -0.0335. The van der Waals surface area contributed by atoms with Crippen LogP contribution in [0.3, 0.4) is 0 Å². The lowest BCUT2D eigenvalue weighted by Gasteiger charge is -2.40. The molecule has 4 aromatic rings. The van der Waals surface area contributed by atoms with E-state index in [1.807, 2.05) is 41.8 Å². The number of hydrogen-bond donors (Lipinski definition) is 3. The second-order valence-corrected chi connectivity index (χ2v) is 9.85. The molecule has 2 fully saturated rings. The Morgan fingerprint density at radius 1 is 1.18 bits per heavy atom. The third-order valence-electron chi connectivity index (χ3n) is 7.36. The summed E-state index contributed by atoms with van der Waals surface area (Å²) in [6, 6.07) is 7.48. The van der Waals surface area contributed by atoms with Gasteiger partial charge in [-0.3, -0.25) is 9.20 Å². The lowest BCUT2D eigenvalue weighted by Crippen LogP contribution is -2.40. The quantitative estimate of drug-likeness (QED) is 0.446. The molecule has 2 aliphatic carbocycles. The van der Waals surface area contributed by atoms with E-state index in [1.54, 1.807) is 17.0 Å². The first-order chi connectivity index (χ1) is 15.8. The van der Waals surface area contributed by atoms with E-state index in [2.05, 4.69) is 4.98 Å². The number of aromatic nitrogens is 4. The molecule has 0 spiro atoms. The maximum absolute atomic E-state index is 13.4. The van der Waals surface area contributed by atoms with Crippen LogP contribution in [0.25, 0.3) is 27.5 Å². The second-order valence-electron chi connectivity index (χ2n) is 9.85. The number of hydrogen-bond acceptors (Lipinski definition) is 6. The Hall–Kier alpha value is -3.23. The molecule has 33 heavy (non-hydrogen) atoms. The summed E-state index contributed by atoms with van der Waals surface area (Å²) in [4.78, 5) is 22.6. The molecule has 0 radical (unpaired) electrons. The molecule has 0 saturated heterocycles. The number of pyridine rings is 1. The molecule has 0 bridgehead atoms. The Morgan fingerprint density at radius 3 is 2.73 bits per heavy atom. The summed E-state index contributed by atoms with van der Waals surface area (Å²) in [6.07, 6.45) is 8.51. The number of benzene rings is 1. The lowest BCUT2D eigenvalue weighted by atomic mass is 9.72. The van der Waals surface area contributed by atoms with E-state index in [1.165, 1.54) is 0 Å². The van der Waals surface area contributed by atoms with Crippen molar-refractivity contribution in [2.75, 3.05) is 5.73 Å². The zero-order chi connectivity index (χ0) is 22.9. The first-order valence-electron chi connectivity index (χ1n) is 11.5. The molecule has 8 nitrogen and oxygen atoms in total. The van der Waals surface area contributed by atoms with Crippen molar-refractivity contribution >= 4 is 22.1 Å². The standard InChI is InChI=1S/C25H27N5O3/c1-25(33)12-16(13-25)23-28-20(21-22(26)27-8-10-30(21)23)15-6-5-14-7-9-29(24(32)17(14)11-15)18-3-2-4-19(18)31/h5-11,16,18-19,31,33H,2-4,12-13H2,1H3,(H2,26,27)/t16?,18-,19-,25?/m0/s1. The Bertz CT molecular complexity index is 1450. The van der Waals surface area contributed by atoms with Crippen molar-refractivity contribution in [2.24, 2.45) is 0 Å². The molecule has 3 aromatic heterocycles. The predicted octanol–water partition coefficient (Wildman–Crippen LogP) is 3.01. The molecule has 8 heteroatoms. The molecule has 0 amide bonds. The van der Waals surface area contributed by atoms with Crippen molar-refractivity contribution in [1.29, 1.82) is 0 Å². The predicted molar refractivity (Wildman–Crippen MR) is 126 cm³/mol. The molecule has 6 rings (SSSR count). The van der Waals surface area contributed by atoms with Gasteiger partial charge in [0.1, 0.15) is 22.9 Å². The minimum atomic E-state index is -0.673. The summed E-state index contributed by atoms with van der Waals surface area (Å²) in [5.41, 5.74) is 7.67. The van der Waals surface area contributed by atoms with Crippen LogP contribution in [0.15, 0.2) is 47.7 Å². The van der Waals surface area contributed by atoms with Crippen LogP contribution in [0.5, 0.6) is 0 Å². The van der Waals surface area contributed by atoms with E-state index < -0.39 is 11.7 Å². The van der Waals surface area contributed by atoms with Crippen molar-refractivity contribution in [3.05, 3.63) is 59.0 Å². The van der Waals surface area contributed by atoms with Gasteiger partial charge in [0.15, 0.2) is 0 Å². The zero-order valence-electron chi connectivity index (χ0n) is 18.5. The summed E-state index contributed by atoms with van der Waals surface area (Å²) < 4.78 is 3.63. The monoisotopic (exact) mass is 445 g/mol. The summed E-state index contributed by atoms with van der Waals surface area (Å²) in [5, 5.41) is 22.0. The largest absolute Gasteiger partial charge is 0.391 e. The summed E-state index contributed by atoms with van der Waals surface area (Å²) in [7, 11) is 0. The van der Waals surface area contributed by atoms with Gasteiger partial charge in [-0.25, -0.2) is 9.97 Å². The van der Waals surface area contributed by atoms with Crippen molar-refractivity contribution < 1.29 is 10.2 Å². The van der Waals surface area contributed by atoms with Crippen LogP contribution < -0.4 is 11.3 Å². The van der Waals surface area contributed by atoms with E-state index in [0.29, 0.717) is 35.3 Å². The number of fused-ring (bicyclic) bond motifs is 2. The van der Waals surface area contributed by atoms with Gasteiger partial charge in [0.05, 0.1) is 17.7 Å². The topological polar surface area (TPSA) is 119 Å². The van der Waals surface area contributed by atoms with Crippen LogP contribution in [0.2, 0.25) is 0 Å². The number of rotatable bonds is 3. The highest BCUT2D eigenvalue weighted by atomic mass is 16.3. The van der Waals surface area contributed by atoms with Crippen molar-refractivity contribution in [1.82, 2.24) is 18.9 Å². The van der Waals surface area contributed by atoms with Gasteiger partial charge >= 0.3 is 0 Å². The highest BCUT2D eigenvalue weighted by Crippen LogP contribution is 2.45. The van der Waals surface area contributed by atoms with Gasteiger partial charge in [0.2, 0.25) is 0 Å². The van der Waals surface area contributed by atoms with Crippen molar-refractivity contribution in [2.45, 2.75) is 62.7 Å². The van der Waals surface area contributed by atoms with E-state index in [4.69, 9.17) is 10.7 Å². The number of nitrogens with zero attached hydrogens (tertiary/aromatic N) is 4. The second kappa shape index (κ2) is 7.13.